The molecule has 1 aromatic carbocycles. The molecule has 0 saturated carbocycles. The van der Waals surface area contributed by atoms with E-state index in [1.807, 2.05) is 6.07 Å². The van der Waals surface area contributed by atoms with Crippen LogP contribution in [0.2, 0.25) is 0 Å². The summed E-state index contributed by atoms with van der Waals surface area (Å²) >= 11 is 0. The molecule has 1 aromatic heterocycles. The molecule has 0 spiro atoms. The number of furan rings is 1. The lowest BCUT2D eigenvalue weighted by molar-refractivity contribution is -0.118. The minimum Gasteiger partial charge on any atom is -0.508 e. The molecule has 2 heterocycles. The van der Waals surface area contributed by atoms with Crippen molar-refractivity contribution in [1.82, 2.24) is 0 Å². The van der Waals surface area contributed by atoms with Crippen molar-refractivity contribution in [2.75, 3.05) is 0 Å². The van der Waals surface area contributed by atoms with Gasteiger partial charge in [-0.1, -0.05) is 5.16 Å². The van der Waals surface area contributed by atoms with Gasteiger partial charge in [0.15, 0.2) is 6.10 Å². The zero-order valence-corrected chi connectivity index (χ0v) is 11.5. The number of hydrogen-bond donors (Lipinski definition) is 1. The summed E-state index contributed by atoms with van der Waals surface area (Å²) < 4.78 is 5.38. The molecule has 0 bridgehead atoms. The highest BCUT2D eigenvalue weighted by atomic mass is 16.6. The third-order valence-corrected chi connectivity index (χ3v) is 3.48. The number of carbonyl (C=O) groups excluding carboxylic acids is 1. The van der Waals surface area contributed by atoms with Crippen LogP contribution in [0.1, 0.15) is 30.8 Å². The second kappa shape index (κ2) is 5.44. The van der Waals surface area contributed by atoms with Gasteiger partial charge < -0.3 is 19.2 Å². The Morgan fingerprint density at radius 1 is 1.29 bits per heavy atom. The first-order valence-corrected chi connectivity index (χ1v) is 6.71. The van der Waals surface area contributed by atoms with Crippen LogP contribution in [0, 0.1) is 5.92 Å². The number of phenolic OH excluding ortho intramolecular Hbond substituents is 1. The molecule has 1 aliphatic rings. The molecule has 2 unspecified atom stereocenters. The second-order valence-electron chi connectivity index (χ2n) is 5.08. The van der Waals surface area contributed by atoms with Gasteiger partial charge in [-0.05, 0) is 43.3 Å². The highest BCUT2D eigenvalue weighted by Gasteiger charge is 2.38. The van der Waals surface area contributed by atoms with Gasteiger partial charge in [0.2, 0.25) is 0 Å². The van der Waals surface area contributed by atoms with E-state index in [0.29, 0.717) is 17.9 Å². The van der Waals surface area contributed by atoms with Crippen LogP contribution < -0.4 is 0 Å². The molecule has 0 radical (unpaired) electrons. The minimum absolute atomic E-state index is 0.0635. The Bertz CT molecular complexity index is 658. The molecule has 2 aromatic rings. The van der Waals surface area contributed by atoms with Crippen LogP contribution in [0.3, 0.4) is 0 Å². The predicted molar refractivity (Wildman–Crippen MR) is 76.0 cm³/mol. The summed E-state index contributed by atoms with van der Waals surface area (Å²) in [6, 6.07) is 10.3. The first-order valence-electron chi connectivity index (χ1n) is 6.71. The number of nitrogens with zero attached hydrogens (tertiary/aromatic N) is 1. The van der Waals surface area contributed by atoms with Crippen LogP contribution in [0.15, 0.2) is 52.2 Å². The fourth-order valence-electron chi connectivity index (χ4n) is 2.51. The Balaban J connectivity index is 1.92. The monoisotopic (exact) mass is 285 g/mol. The number of phenols is 1. The van der Waals surface area contributed by atoms with Crippen LogP contribution in [-0.4, -0.2) is 16.6 Å². The van der Waals surface area contributed by atoms with Crippen LogP contribution >= 0.6 is 0 Å². The SMILES string of the molecule is CC(=O)CC1C(c2ccc(O)cc2)=NOC1c1ccco1. The van der Waals surface area contributed by atoms with Crippen molar-refractivity contribution < 1.29 is 19.2 Å². The van der Waals surface area contributed by atoms with Crippen molar-refractivity contribution in [2.24, 2.45) is 11.1 Å². The molecule has 0 saturated heterocycles. The maximum absolute atomic E-state index is 11.6. The van der Waals surface area contributed by atoms with E-state index in [1.54, 1.807) is 43.5 Å². The Morgan fingerprint density at radius 2 is 2.05 bits per heavy atom. The van der Waals surface area contributed by atoms with Crippen LogP contribution in [0.4, 0.5) is 0 Å². The van der Waals surface area contributed by atoms with Crippen molar-refractivity contribution >= 4 is 11.5 Å². The van der Waals surface area contributed by atoms with E-state index in [4.69, 9.17) is 9.25 Å². The van der Waals surface area contributed by atoms with E-state index in [0.717, 1.165) is 5.56 Å². The Morgan fingerprint density at radius 3 is 2.67 bits per heavy atom. The second-order valence-corrected chi connectivity index (χ2v) is 5.08. The summed E-state index contributed by atoms with van der Waals surface area (Å²) in [4.78, 5) is 17.1. The molecule has 5 nitrogen and oxygen atoms in total. The number of oxime groups is 1. The number of rotatable bonds is 4. The zero-order chi connectivity index (χ0) is 14.8. The number of carbonyl (C=O) groups is 1. The van der Waals surface area contributed by atoms with Gasteiger partial charge in [0.1, 0.15) is 17.3 Å². The summed E-state index contributed by atoms with van der Waals surface area (Å²) in [5, 5.41) is 13.5. The quantitative estimate of drug-likeness (QED) is 0.937. The van der Waals surface area contributed by atoms with E-state index in [1.165, 1.54) is 0 Å². The van der Waals surface area contributed by atoms with Crippen LogP contribution in [0.25, 0.3) is 0 Å². The minimum atomic E-state index is -0.396. The van der Waals surface area contributed by atoms with Crippen LogP contribution in [-0.2, 0) is 9.63 Å². The van der Waals surface area contributed by atoms with Crippen molar-refractivity contribution in [3.8, 4) is 5.75 Å². The molecule has 0 aliphatic carbocycles. The summed E-state index contributed by atoms with van der Waals surface area (Å²) in [5.41, 5.74) is 1.53. The third-order valence-electron chi connectivity index (χ3n) is 3.48. The van der Waals surface area contributed by atoms with Gasteiger partial charge in [0.05, 0.1) is 17.9 Å². The van der Waals surface area contributed by atoms with Gasteiger partial charge in [0, 0.05) is 12.0 Å². The average molecular weight is 285 g/mol. The summed E-state index contributed by atoms with van der Waals surface area (Å²) in [7, 11) is 0. The summed E-state index contributed by atoms with van der Waals surface area (Å²) in [6.45, 7) is 1.55. The number of hydrogen-bond acceptors (Lipinski definition) is 5. The molecule has 2 atom stereocenters. The molecule has 21 heavy (non-hydrogen) atoms. The first-order chi connectivity index (χ1) is 10.1. The normalized spacial score (nSPS) is 20.9. The maximum atomic E-state index is 11.6. The smallest absolute Gasteiger partial charge is 0.193 e. The lowest BCUT2D eigenvalue weighted by Crippen LogP contribution is -2.20. The van der Waals surface area contributed by atoms with Gasteiger partial charge in [0.25, 0.3) is 0 Å². The molecular formula is C16H15NO4. The number of ketones is 1. The lowest BCUT2D eigenvalue weighted by Gasteiger charge is -2.16. The van der Waals surface area contributed by atoms with Crippen molar-refractivity contribution in [3.63, 3.8) is 0 Å². The molecule has 5 heteroatoms. The Kier molecular flexibility index (Phi) is 3.48. The van der Waals surface area contributed by atoms with E-state index in [2.05, 4.69) is 5.16 Å². The van der Waals surface area contributed by atoms with Gasteiger partial charge in [-0.15, -0.1) is 0 Å². The topological polar surface area (TPSA) is 72.0 Å². The maximum Gasteiger partial charge on any atom is 0.193 e. The molecule has 108 valence electrons. The first kappa shape index (κ1) is 13.4. The van der Waals surface area contributed by atoms with Crippen molar-refractivity contribution in [2.45, 2.75) is 19.4 Å². The van der Waals surface area contributed by atoms with E-state index in [9.17, 15) is 9.90 Å². The van der Waals surface area contributed by atoms with Crippen LogP contribution in [0.5, 0.6) is 5.75 Å². The third kappa shape index (κ3) is 2.67. The number of benzene rings is 1. The summed E-state index contributed by atoms with van der Waals surface area (Å²) in [6.07, 6.45) is 1.50. The Hall–Kier alpha value is -2.56. The lowest BCUT2D eigenvalue weighted by atomic mass is 9.87. The molecule has 0 amide bonds. The average Bonchev–Trinajstić information content (AvgIpc) is 3.08. The van der Waals surface area contributed by atoms with Gasteiger partial charge >= 0.3 is 0 Å². The van der Waals surface area contributed by atoms with E-state index >= 15 is 0 Å². The molecule has 3 rings (SSSR count). The van der Waals surface area contributed by atoms with E-state index < -0.39 is 6.10 Å². The van der Waals surface area contributed by atoms with Gasteiger partial charge in [-0.3, -0.25) is 0 Å². The van der Waals surface area contributed by atoms with Crippen molar-refractivity contribution in [1.29, 1.82) is 0 Å². The fraction of sp³-hybridized carbons (Fsp3) is 0.250. The molecule has 0 fully saturated rings. The largest absolute Gasteiger partial charge is 0.508 e. The number of aromatic hydroxyl groups is 1. The molecule has 1 aliphatic heterocycles. The predicted octanol–water partition coefficient (Wildman–Crippen LogP) is 3.06. The van der Waals surface area contributed by atoms with Gasteiger partial charge in [-0.25, -0.2) is 0 Å². The highest BCUT2D eigenvalue weighted by molar-refractivity contribution is 6.04. The van der Waals surface area contributed by atoms with E-state index in [-0.39, 0.29) is 17.5 Å². The van der Waals surface area contributed by atoms with Crippen molar-refractivity contribution in [3.05, 3.63) is 54.0 Å². The fourth-order valence-corrected chi connectivity index (χ4v) is 2.51. The van der Waals surface area contributed by atoms with Gasteiger partial charge in [-0.2, -0.15) is 0 Å². The summed E-state index contributed by atoms with van der Waals surface area (Å²) in [5.74, 6) is 0.703. The Labute approximate surface area is 121 Å². The molecule has 1 N–H and O–H groups in total. The molecular weight excluding hydrogens is 270 g/mol. The number of Topliss-reactive ketones (excluding diaryl/α,β-unsaturated/α-hetero) is 1. The standard InChI is InChI=1S/C16H15NO4/c1-10(18)9-13-15(11-4-6-12(19)7-5-11)17-21-16(13)14-3-2-8-20-14/h2-8,13,16,19H,9H2,1H3. The zero-order valence-electron chi connectivity index (χ0n) is 11.5. The highest BCUT2D eigenvalue weighted by Crippen LogP contribution is 2.37.